The zero-order valence-corrected chi connectivity index (χ0v) is 16.7. The molecule has 5 nitrogen and oxygen atoms in total. The van der Waals surface area contributed by atoms with E-state index in [1.54, 1.807) is 11.0 Å². The number of carbonyl (C=O) groups is 2. The van der Waals surface area contributed by atoms with Gasteiger partial charge in [-0.1, -0.05) is 37.1 Å². The molecule has 156 valence electrons. The van der Waals surface area contributed by atoms with Crippen molar-refractivity contribution in [1.82, 2.24) is 4.90 Å². The molecule has 1 saturated carbocycles. The number of amides is 2. The van der Waals surface area contributed by atoms with Gasteiger partial charge in [0.15, 0.2) is 0 Å². The molecule has 5 rings (SSSR count). The number of likely N-dealkylation sites (tertiary alicyclic amines) is 1. The lowest BCUT2D eigenvalue weighted by molar-refractivity contribution is -0.154. The van der Waals surface area contributed by atoms with Gasteiger partial charge in [0.2, 0.25) is 5.91 Å². The van der Waals surface area contributed by atoms with Crippen LogP contribution in [0.1, 0.15) is 47.5 Å². The monoisotopic (exact) mass is 408 g/mol. The van der Waals surface area contributed by atoms with Crippen LogP contribution in [0.2, 0.25) is 0 Å². The first-order valence-corrected chi connectivity index (χ1v) is 10.7. The molecular weight excluding hydrogens is 383 g/mol. The molecule has 1 aliphatic carbocycles. The molecule has 0 aromatic heterocycles. The van der Waals surface area contributed by atoms with Crippen molar-refractivity contribution in [1.29, 1.82) is 0 Å². The zero-order valence-electron chi connectivity index (χ0n) is 16.7. The molecule has 3 atom stereocenters. The molecule has 0 bridgehead atoms. The van der Waals surface area contributed by atoms with Crippen molar-refractivity contribution in [3.63, 3.8) is 0 Å². The van der Waals surface area contributed by atoms with E-state index >= 15 is 0 Å². The predicted octanol–water partition coefficient (Wildman–Crippen LogP) is 3.33. The third kappa shape index (κ3) is 2.93. The summed E-state index contributed by atoms with van der Waals surface area (Å²) in [5.74, 6) is -0.602. The summed E-state index contributed by atoms with van der Waals surface area (Å²) in [7, 11) is 0. The van der Waals surface area contributed by atoms with Crippen LogP contribution >= 0.6 is 0 Å². The molecule has 2 aromatic carbocycles. The van der Waals surface area contributed by atoms with E-state index in [0.29, 0.717) is 6.54 Å². The molecule has 0 unspecified atom stereocenters. The number of carbonyl (C=O) groups excluding carboxylic acids is 2. The molecule has 1 N–H and O–H groups in total. The summed E-state index contributed by atoms with van der Waals surface area (Å²) in [5.41, 5.74) is 2.03. The minimum absolute atomic E-state index is 0.00751. The summed E-state index contributed by atoms with van der Waals surface area (Å²) >= 11 is 0. The Morgan fingerprint density at radius 1 is 1.07 bits per heavy atom. The van der Waals surface area contributed by atoms with Crippen molar-refractivity contribution in [2.24, 2.45) is 5.92 Å². The summed E-state index contributed by atoms with van der Waals surface area (Å²) in [6.07, 6.45) is 3.92. The maximum atomic E-state index is 13.7. The number of aliphatic hydroxyl groups is 1. The number of rotatable bonds is 3. The van der Waals surface area contributed by atoms with Crippen molar-refractivity contribution in [2.45, 2.75) is 43.7 Å². The number of anilines is 1. The Labute approximate surface area is 175 Å². The van der Waals surface area contributed by atoms with Crippen LogP contribution in [-0.4, -0.2) is 47.1 Å². The van der Waals surface area contributed by atoms with Gasteiger partial charge < -0.3 is 14.9 Å². The number of halogens is 1. The van der Waals surface area contributed by atoms with Gasteiger partial charge in [0.25, 0.3) is 5.91 Å². The van der Waals surface area contributed by atoms with Crippen molar-refractivity contribution in [3.05, 3.63) is 65.5 Å². The predicted molar refractivity (Wildman–Crippen MR) is 111 cm³/mol. The number of hydrogen-bond acceptors (Lipinski definition) is 3. The van der Waals surface area contributed by atoms with Crippen LogP contribution in [-0.2, 0) is 4.79 Å². The summed E-state index contributed by atoms with van der Waals surface area (Å²) in [6.45, 7) is 0.262. The van der Waals surface area contributed by atoms with E-state index in [2.05, 4.69) is 0 Å². The second-order valence-corrected chi connectivity index (χ2v) is 8.55. The van der Waals surface area contributed by atoms with Crippen molar-refractivity contribution >= 4 is 17.5 Å². The molecule has 30 heavy (non-hydrogen) atoms. The Kier molecular flexibility index (Phi) is 4.82. The second kappa shape index (κ2) is 7.51. The normalized spacial score (nSPS) is 25.5. The topological polar surface area (TPSA) is 60.9 Å². The number of benzene rings is 2. The van der Waals surface area contributed by atoms with Crippen LogP contribution in [0.25, 0.3) is 0 Å². The summed E-state index contributed by atoms with van der Waals surface area (Å²) in [6, 6.07) is 12.9. The number of nitrogens with zero attached hydrogens (tertiary/aromatic N) is 2. The van der Waals surface area contributed by atoms with Gasteiger partial charge in [0, 0.05) is 29.6 Å². The first-order chi connectivity index (χ1) is 14.6. The first kappa shape index (κ1) is 19.2. The highest BCUT2D eigenvalue weighted by molar-refractivity contribution is 6.07. The Hall–Kier alpha value is -2.73. The standard InChI is InChI=1S/C24H25FN2O3/c25-17-9-5-8-16(12-17)23(29)26-13-20-22(18-10-3-4-11-19(18)26)21(14-28)27(20)24(30)15-6-1-2-7-15/h3-5,8-12,15,20-22,28H,1-2,6-7,13-14H2/t20-,21+,22+/m1/s1. The van der Waals surface area contributed by atoms with Crippen molar-refractivity contribution in [2.75, 3.05) is 18.1 Å². The number of para-hydroxylation sites is 1. The minimum atomic E-state index is -0.453. The van der Waals surface area contributed by atoms with Gasteiger partial charge in [-0.25, -0.2) is 4.39 Å². The van der Waals surface area contributed by atoms with E-state index in [0.717, 1.165) is 36.9 Å². The first-order valence-electron chi connectivity index (χ1n) is 10.7. The zero-order chi connectivity index (χ0) is 20.8. The molecule has 2 heterocycles. The molecule has 3 aliphatic rings. The highest BCUT2D eigenvalue weighted by Gasteiger charge is 2.56. The third-order valence-corrected chi connectivity index (χ3v) is 6.96. The van der Waals surface area contributed by atoms with Gasteiger partial charge in [0.1, 0.15) is 5.82 Å². The summed E-state index contributed by atoms with van der Waals surface area (Å²) in [5, 5.41) is 10.1. The molecule has 2 amide bonds. The van der Waals surface area contributed by atoms with Gasteiger partial charge in [-0.2, -0.15) is 0 Å². The maximum Gasteiger partial charge on any atom is 0.258 e. The molecular formula is C24H25FN2O3. The molecule has 2 aliphatic heterocycles. The van der Waals surface area contributed by atoms with Crippen LogP contribution in [0, 0.1) is 11.7 Å². The van der Waals surface area contributed by atoms with Gasteiger partial charge in [-0.15, -0.1) is 0 Å². The van der Waals surface area contributed by atoms with E-state index in [1.807, 2.05) is 29.2 Å². The lowest BCUT2D eigenvalue weighted by atomic mass is 9.71. The van der Waals surface area contributed by atoms with E-state index in [4.69, 9.17) is 0 Å². The van der Waals surface area contributed by atoms with Crippen LogP contribution in [0.5, 0.6) is 0 Å². The average molecular weight is 408 g/mol. The Balaban J connectivity index is 1.51. The Morgan fingerprint density at radius 2 is 1.83 bits per heavy atom. The Morgan fingerprint density at radius 3 is 2.57 bits per heavy atom. The van der Waals surface area contributed by atoms with Crippen LogP contribution in [0.4, 0.5) is 10.1 Å². The lowest BCUT2D eigenvalue weighted by Gasteiger charge is -2.59. The van der Waals surface area contributed by atoms with Crippen molar-refractivity contribution in [3.8, 4) is 0 Å². The molecule has 6 heteroatoms. The van der Waals surface area contributed by atoms with Gasteiger partial charge in [-0.3, -0.25) is 9.59 Å². The van der Waals surface area contributed by atoms with E-state index in [1.165, 1.54) is 18.2 Å². The maximum absolute atomic E-state index is 13.7. The minimum Gasteiger partial charge on any atom is -0.394 e. The largest absolute Gasteiger partial charge is 0.394 e. The fourth-order valence-corrected chi connectivity index (χ4v) is 5.55. The SMILES string of the molecule is O=C(c1cccc(F)c1)N1C[C@@H]2[C@H](c3ccccc31)[C@H](CO)N2C(=O)C1CCCC1. The molecule has 0 spiro atoms. The quantitative estimate of drug-likeness (QED) is 0.848. The average Bonchev–Trinajstić information content (AvgIpc) is 3.28. The third-order valence-electron chi connectivity index (χ3n) is 6.96. The Bertz CT molecular complexity index is 988. The fourth-order valence-electron chi connectivity index (χ4n) is 5.55. The highest BCUT2D eigenvalue weighted by atomic mass is 19.1. The molecule has 0 radical (unpaired) electrons. The van der Waals surface area contributed by atoms with E-state index < -0.39 is 5.82 Å². The highest BCUT2D eigenvalue weighted by Crippen LogP contribution is 2.49. The smallest absolute Gasteiger partial charge is 0.258 e. The van der Waals surface area contributed by atoms with E-state index in [-0.39, 0.29) is 47.9 Å². The van der Waals surface area contributed by atoms with Crippen LogP contribution in [0.15, 0.2) is 48.5 Å². The second-order valence-electron chi connectivity index (χ2n) is 8.55. The van der Waals surface area contributed by atoms with Gasteiger partial charge in [0.05, 0.1) is 18.7 Å². The van der Waals surface area contributed by atoms with Crippen molar-refractivity contribution < 1.29 is 19.1 Å². The molecule has 1 saturated heterocycles. The fraction of sp³-hybridized carbons (Fsp3) is 0.417. The number of fused-ring (bicyclic) bond motifs is 3. The van der Waals surface area contributed by atoms with Crippen LogP contribution in [0.3, 0.4) is 0 Å². The van der Waals surface area contributed by atoms with E-state index in [9.17, 15) is 19.1 Å². The molecule has 2 aromatic rings. The molecule has 2 fully saturated rings. The summed E-state index contributed by atoms with van der Waals surface area (Å²) in [4.78, 5) is 30.0. The lowest BCUT2D eigenvalue weighted by Crippen LogP contribution is -2.71. The number of hydrogen-bond donors (Lipinski definition) is 1. The number of aliphatic hydroxyl groups excluding tert-OH is 1. The van der Waals surface area contributed by atoms with Gasteiger partial charge in [-0.05, 0) is 42.7 Å². The van der Waals surface area contributed by atoms with Crippen LogP contribution < -0.4 is 4.90 Å². The van der Waals surface area contributed by atoms with Gasteiger partial charge >= 0.3 is 0 Å². The summed E-state index contributed by atoms with van der Waals surface area (Å²) < 4.78 is 13.7.